The molecule has 0 aromatic heterocycles. The number of anilines is 1. The van der Waals surface area contributed by atoms with Gasteiger partial charge in [-0.15, -0.1) is 0 Å². The average molecular weight is 223 g/mol. The quantitative estimate of drug-likeness (QED) is 0.768. The zero-order chi connectivity index (χ0) is 12.1. The van der Waals surface area contributed by atoms with Crippen LogP contribution in [0.25, 0.3) is 0 Å². The maximum Gasteiger partial charge on any atom is 0.335 e. The smallest absolute Gasteiger partial charge is 0.335 e. The molecule has 0 radical (unpaired) electrons. The van der Waals surface area contributed by atoms with Crippen molar-refractivity contribution in [3.8, 4) is 0 Å². The summed E-state index contributed by atoms with van der Waals surface area (Å²) in [5, 5.41) is 9.46. The molecule has 4 heteroatoms. The number of aliphatic hydroxyl groups is 1. The Labute approximate surface area is 95.5 Å². The molecule has 0 saturated carbocycles. The summed E-state index contributed by atoms with van der Waals surface area (Å²) in [7, 11) is 5.18. The van der Waals surface area contributed by atoms with Gasteiger partial charge in [0.15, 0.2) is 6.10 Å². The van der Waals surface area contributed by atoms with Gasteiger partial charge in [-0.05, 0) is 17.7 Å². The summed E-state index contributed by atoms with van der Waals surface area (Å²) < 4.78 is 4.45. The van der Waals surface area contributed by atoms with Gasteiger partial charge in [0.05, 0.1) is 7.11 Å². The van der Waals surface area contributed by atoms with Crippen molar-refractivity contribution in [3.63, 3.8) is 0 Å². The molecule has 0 fully saturated rings. The fourth-order valence-corrected chi connectivity index (χ4v) is 1.37. The number of methoxy groups -OCH3 is 1. The highest BCUT2D eigenvalue weighted by Crippen LogP contribution is 2.13. The SMILES string of the molecule is COC(=O)C(O)Cc1ccc(N(C)C)cc1. The number of esters is 1. The highest BCUT2D eigenvalue weighted by molar-refractivity contribution is 5.74. The molecule has 1 aromatic carbocycles. The van der Waals surface area contributed by atoms with Crippen molar-refractivity contribution in [1.82, 2.24) is 0 Å². The Kier molecular flexibility index (Phi) is 4.31. The first-order valence-corrected chi connectivity index (χ1v) is 5.06. The van der Waals surface area contributed by atoms with Crippen LogP contribution in [-0.2, 0) is 16.0 Å². The summed E-state index contributed by atoms with van der Waals surface area (Å²) in [6.07, 6.45) is -0.810. The van der Waals surface area contributed by atoms with Crippen molar-refractivity contribution in [2.45, 2.75) is 12.5 Å². The predicted molar refractivity (Wildman–Crippen MR) is 62.5 cm³/mol. The summed E-state index contributed by atoms with van der Waals surface area (Å²) in [6, 6.07) is 7.67. The number of hydrogen-bond donors (Lipinski definition) is 1. The molecule has 0 aliphatic carbocycles. The first kappa shape index (κ1) is 12.5. The summed E-state index contributed by atoms with van der Waals surface area (Å²) in [5.74, 6) is -0.600. The topological polar surface area (TPSA) is 49.8 Å². The van der Waals surface area contributed by atoms with Crippen LogP contribution in [0, 0.1) is 0 Å². The van der Waals surface area contributed by atoms with E-state index < -0.39 is 12.1 Å². The van der Waals surface area contributed by atoms with Crippen molar-refractivity contribution in [2.75, 3.05) is 26.1 Å². The first-order valence-electron chi connectivity index (χ1n) is 5.06. The van der Waals surface area contributed by atoms with Gasteiger partial charge in [0.2, 0.25) is 0 Å². The molecule has 0 amide bonds. The van der Waals surface area contributed by atoms with Crippen LogP contribution in [-0.4, -0.2) is 38.4 Å². The van der Waals surface area contributed by atoms with Crippen LogP contribution in [0.15, 0.2) is 24.3 Å². The van der Waals surface area contributed by atoms with Crippen LogP contribution in [0.3, 0.4) is 0 Å². The van der Waals surface area contributed by atoms with E-state index in [1.807, 2.05) is 43.3 Å². The van der Waals surface area contributed by atoms with E-state index in [1.165, 1.54) is 7.11 Å². The van der Waals surface area contributed by atoms with E-state index in [1.54, 1.807) is 0 Å². The molecule has 0 heterocycles. The molecule has 4 nitrogen and oxygen atoms in total. The average Bonchev–Trinajstić information content (AvgIpc) is 2.28. The Morgan fingerprint density at radius 3 is 2.38 bits per heavy atom. The van der Waals surface area contributed by atoms with Gasteiger partial charge in [0, 0.05) is 26.2 Å². The van der Waals surface area contributed by atoms with Gasteiger partial charge < -0.3 is 14.7 Å². The van der Waals surface area contributed by atoms with E-state index in [-0.39, 0.29) is 6.42 Å². The lowest BCUT2D eigenvalue weighted by Gasteiger charge is -2.13. The van der Waals surface area contributed by atoms with E-state index >= 15 is 0 Å². The lowest BCUT2D eigenvalue weighted by Crippen LogP contribution is -2.24. The molecule has 1 N–H and O–H groups in total. The second-order valence-electron chi connectivity index (χ2n) is 3.80. The van der Waals surface area contributed by atoms with Gasteiger partial charge in [0.25, 0.3) is 0 Å². The molecule has 0 bridgehead atoms. The van der Waals surface area contributed by atoms with Crippen molar-refractivity contribution < 1.29 is 14.6 Å². The molecular weight excluding hydrogens is 206 g/mol. The van der Waals surface area contributed by atoms with Crippen LogP contribution in [0.4, 0.5) is 5.69 Å². The van der Waals surface area contributed by atoms with Crippen LogP contribution in [0.1, 0.15) is 5.56 Å². The van der Waals surface area contributed by atoms with Gasteiger partial charge in [-0.2, -0.15) is 0 Å². The van der Waals surface area contributed by atoms with Gasteiger partial charge in [-0.3, -0.25) is 0 Å². The second kappa shape index (κ2) is 5.51. The van der Waals surface area contributed by atoms with Crippen LogP contribution in [0.5, 0.6) is 0 Å². The number of benzene rings is 1. The molecular formula is C12H17NO3. The third kappa shape index (κ3) is 3.24. The molecule has 1 aromatic rings. The van der Waals surface area contributed by atoms with Crippen LogP contribution in [0.2, 0.25) is 0 Å². The molecule has 1 unspecified atom stereocenters. The minimum Gasteiger partial charge on any atom is -0.467 e. The Morgan fingerprint density at radius 1 is 1.38 bits per heavy atom. The predicted octanol–water partition coefficient (Wildman–Crippen LogP) is 0.829. The van der Waals surface area contributed by atoms with E-state index in [4.69, 9.17) is 0 Å². The Morgan fingerprint density at radius 2 is 1.94 bits per heavy atom. The van der Waals surface area contributed by atoms with Crippen LogP contribution < -0.4 is 4.90 Å². The van der Waals surface area contributed by atoms with Crippen LogP contribution >= 0.6 is 0 Å². The van der Waals surface area contributed by atoms with Crippen molar-refractivity contribution >= 4 is 11.7 Å². The third-order valence-electron chi connectivity index (χ3n) is 2.36. The molecule has 0 aliphatic heterocycles. The van der Waals surface area contributed by atoms with E-state index in [0.29, 0.717) is 0 Å². The highest BCUT2D eigenvalue weighted by Gasteiger charge is 2.15. The fourth-order valence-electron chi connectivity index (χ4n) is 1.37. The third-order valence-corrected chi connectivity index (χ3v) is 2.36. The van der Waals surface area contributed by atoms with Crippen molar-refractivity contribution in [2.24, 2.45) is 0 Å². The summed E-state index contributed by atoms with van der Waals surface area (Å²) in [5.41, 5.74) is 1.99. The Hall–Kier alpha value is -1.55. The maximum atomic E-state index is 11.0. The lowest BCUT2D eigenvalue weighted by molar-refractivity contribution is -0.150. The largest absolute Gasteiger partial charge is 0.467 e. The number of carbonyl (C=O) groups is 1. The molecule has 0 aliphatic rings. The number of rotatable bonds is 4. The Balaban J connectivity index is 2.65. The van der Waals surface area contributed by atoms with E-state index in [9.17, 15) is 9.90 Å². The highest BCUT2D eigenvalue weighted by atomic mass is 16.5. The lowest BCUT2D eigenvalue weighted by atomic mass is 10.1. The minimum absolute atomic E-state index is 0.278. The molecule has 16 heavy (non-hydrogen) atoms. The van der Waals surface area contributed by atoms with E-state index in [0.717, 1.165) is 11.3 Å². The van der Waals surface area contributed by atoms with Gasteiger partial charge in [-0.1, -0.05) is 12.1 Å². The second-order valence-corrected chi connectivity index (χ2v) is 3.80. The van der Waals surface area contributed by atoms with Gasteiger partial charge in [-0.25, -0.2) is 4.79 Å². The number of nitrogens with zero attached hydrogens (tertiary/aromatic N) is 1. The number of ether oxygens (including phenoxy) is 1. The van der Waals surface area contributed by atoms with Gasteiger partial charge in [0.1, 0.15) is 0 Å². The molecule has 88 valence electrons. The standard InChI is InChI=1S/C12H17NO3/c1-13(2)10-6-4-9(5-7-10)8-11(14)12(15)16-3/h4-7,11,14H,8H2,1-3H3. The molecule has 1 rings (SSSR count). The van der Waals surface area contributed by atoms with E-state index in [2.05, 4.69) is 4.74 Å². The molecule has 0 spiro atoms. The summed E-state index contributed by atoms with van der Waals surface area (Å²) in [4.78, 5) is 13.0. The monoisotopic (exact) mass is 223 g/mol. The normalized spacial score (nSPS) is 12.0. The fraction of sp³-hybridized carbons (Fsp3) is 0.417. The number of carbonyl (C=O) groups excluding carboxylic acids is 1. The zero-order valence-electron chi connectivity index (χ0n) is 9.80. The Bertz CT molecular complexity index is 346. The van der Waals surface area contributed by atoms with Gasteiger partial charge >= 0.3 is 5.97 Å². The molecule has 0 saturated heterocycles. The number of aliphatic hydroxyl groups excluding tert-OH is 1. The maximum absolute atomic E-state index is 11.0. The van der Waals surface area contributed by atoms with Crippen molar-refractivity contribution in [1.29, 1.82) is 0 Å². The minimum atomic E-state index is -1.09. The summed E-state index contributed by atoms with van der Waals surface area (Å²) >= 11 is 0. The van der Waals surface area contributed by atoms with Crippen molar-refractivity contribution in [3.05, 3.63) is 29.8 Å². The number of hydrogen-bond acceptors (Lipinski definition) is 4. The molecule has 1 atom stereocenters. The zero-order valence-corrected chi connectivity index (χ0v) is 9.80. The first-order chi connectivity index (χ1) is 7.54. The summed E-state index contributed by atoms with van der Waals surface area (Å²) in [6.45, 7) is 0.